The highest BCUT2D eigenvalue weighted by Gasteiger charge is 2.10. The van der Waals surface area contributed by atoms with Crippen LogP contribution in [-0.2, 0) is 0 Å². The molecule has 0 fully saturated rings. The molecule has 1 heterocycles. The molecule has 1 aromatic rings. The van der Waals surface area contributed by atoms with Crippen molar-refractivity contribution in [1.82, 2.24) is 10.2 Å². The van der Waals surface area contributed by atoms with Crippen LogP contribution in [0, 0.1) is 11.9 Å². The summed E-state index contributed by atoms with van der Waals surface area (Å²) in [6.07, 6.45) is -1.07. The van der Waals surface area contributed by atoms with Crippen molar-refractivity contribution in [2.24, 2.45) is 0 Å². The molecule has 1 unspecified atom stereocenters. The van der Waals surface area contributed by atoms with E-state index in [1.807, 2.05) is 0 Å². The molecule has 0 spiro atoms. The fraction of sp³-hybridized carbons (Fsp3) is 0.333. The third-order valence-corrected chi connectivity index (χ3v) is 1.20. The van der Waals surface area contributed by atoms with Crippen LogP contribution in [0.1, 0.15) is 18.6 Å². The van der Waals surface area contributed by atoms with E-state index in [0.29, 0.717) is 0 Å². The molecule has 1 N–H and O–H groups in total. The molecule has 0 aliphatic carbocycles. The molecule has 3 nitrogen and oxygen atoms in total. The van der Waals surface area contributed by atoms with Gasteiger partial charge in [0.15, 0.2) is 0 Å². The van der Waals surface area contributed by atoms with E-state index in [1.165, 1.54) is 6.92 Å². The summed E-state index contributed by atoms with van der Waals surface area (Å²) in [5, 5.41) is 14.5. The van der Waals surface area contributed by atoms with Gasteiger partial charge in [-0.3, -0.25) is 0 Å². The van der Waals surface area contributed by atoms with Crippen LogP contribution >= 0.6 is 0 Å². The largest absolute Gasteiger partial charge is 0.389 e. The second kappa shape index (κ2) is 2.87. The summed E-state index contributed by atoms with van der Waals surface area (Å²) in [6, 6.07) is 0.812. The van der Waals surface area contributed by atoms with Gasteiger partial charge in [0.2, 0.25) is 11.9 Å². The lowest BCUT2D eigenvalue weighted by molar-refractivity contribution is 0.191. The Labute approximate surface area is 61.7 Å². The Hall–Kier alpha value is -1.10. The van der Waals surface area contributed by atoms with Gasteiger partial charge >= 0.3 is 0 Å². The lowest BCUT2D eigenvalue weighted by Gasteiger charge is -2.02. The van der Waals surface area contributed by atoms with Crippen LogP contribution in [0.5, 0.6) is 0 Å². The molecule has 0 saturated carbocycles. The highest BCUT2D eigenvalue weighted by molar-refractivity contribution is 5.10. The highest BCUT2D eigenvalue weighted by Crippen LogP contribution is 2.13. The van der Waals surface area contributed by atoms with E-state index in [4.69, 9.17) is 5.11 Å². The van der Waals surface area contributed by atoms with Crippen molar-refractivity contribution in [3.8, 4) is 0 Å². The third-order valence-electron chi connectivity index (χ3n) is 1.20. The molecule has 1 aromatic heterocycles. The van der Waals surface area contributed by atoms with Gasteiger partial charge in [0.25, 0.3) is 0 Å². The molecule has 5 heteroatoms. The monoisotopic (exact) mass is 160 g/mol. The van der Waals surface area contributed by atoms with Crippen LogP contribution < -0.4 is 0 Å². The third kappa shape index (κ3) is 1.68. The summed E-state index contributed by atoms with van der Waals surface area (Å²) in [4.78, 5) is 0. The lowest BCUT2D eigenvalue weighted by atomic mass is 10.2. The molecule has 1 rings (SSSR count). The van der Waals surface area contributed by atoms with Crippen LogP contribution in [0.3, 0.4) is 0 Å². The second-order valence-corrected chi connectivity index (χ2v) is 2.09. The fourth-order valence-electron chi connectivity index (χ4n) is 0.659. The first-order valence-electron chi connectivity index (χ1n) is 2.98. The Kier molecular flexibility index (Phi) is 2.09. The molecule has 0 aliphatic rings. The van der Waals surface area contributed by atoms with Gasteiger partial charge in [0.1, 0.15) is 0 Å². The number of aromatic nitrogens is 2. The Balaban J connectivity index is 3.13. The first-order valence-corrected chi connectivity index (χ1v) is 2.98. The summed E-state index contributed by atoms with van der Waals surface area (Å²) < 4.78 is 24.8. The Morgan fingerprint density at radius 1 is 1.45 bits per heavy atom. The normalized spacial score (nSPS) is 13.1. The predicted octanol–water partition coefficient (Wildman–Crippen LogP) is 0.808. The van der Waals surface area contributed by atoms with Crippen molar-refractivity contribution >= 4 is 0 Å². The van der Waals surface area contributed by atoms with E-state index >= 15 is 0 Å². The van der Waals surface area contributed by atoms with Gasteiger partial charge in [-0.2, -0.15) is 8.78 Å². The van der Waals surface area contributed by atoms with Crippen molar-refractivity contribution in [2.75, 3.05) is 0 Å². The minimum atomic E-state index is -1.07. The number of aliphatic hydroxyl groups is 1. The molecule has 0 bridgehead atoms. The minimum Gasteiger partial charge on any atom is -0.389 e. The molecule has 0 radical (unpaired) electrons. The molecule has 60 valence electrons. The zero-order valence-corrected chi connectivity index (χ0v) is 5.75. The van der Waals surface area contributed by atoms with Crippen molar-refractivity contribution in [3.63, 3.8) is 0 Å². The molecule has 1 atom stereocenters. The van der Waals surface area contributed by atoms with E-state index in [0.717, 1.165) is 6.07 Å². The van der Waals surface area contributed by atoms with Crippen molar-refractivity contribution in [1.29, 1.82) is 0 Å². The van der Waals surface area contributed by atoms with Gasteiger partial charge in [-0.05, 0) is 6.92 Å². The van der Waals surface area contributed by atoms with Gasteiger partial charge in [0.05, 0.1) is 6.10 Å². The first kappa shape index (κ1) is 8.00. The van der Waals surface area contributed by atoms with Crippen LogP contribution in [0.4, 0.5) is 8.78 Å². The topological polar surface area (TPSA) is 46.0 Å². The smallest absolute Gasteiger partial charge is 0.239 e. The zero-order valence-electron chi connectivity index (χ0n) is 5.75. The van der Waals surface area contributed by atoms with Gasteiger partial charge in [-0.15, -0.1) is 10.2 Å². The summed E-state index contributed by atoms with van der Waals surface area (Å²) in [5.74, 6) is -1.84. The molecule has 0 aliphatic heterocycles. The van der Waals surface area contributed by atoms with E-state index in [9.17, 15) is 8.78 Å². The maximum atomic E-state index is 12.5. The summed E-state index contributed by atoms with van der Waals surface area (Å²) in [7, 11) is 0. The fourth-order valence-corrected chi connectivity index (χ4v) is 0.659. The molecular weight excluding hydrogens is 154 g/mol. The van der Waals surface area contributed by atoms with Gasteiger partial charge in [-0.1, -0.05) is 0 Å². The van der Waals surface area contributed by atoms with Crippen molar-refractivity contribution in [2.45, 2.75) is 13.0 Å². The average Bonchev–Trinajstić information content (AvgIpc) is 1.94. The maximum absolute atomic E-state index is 12.5. The molecule has 0 aromatic carbocycles. The molecule has 0 amide bonds. The molecule has 11 heavy (non-hydrogen) atoms. The number of aliphatic hydroxyl groups excluding tert-OH is 1. The first-order chi connectivity index (χ1) is 5.11. The zero-order chi connectivity index (χ0) is 8.43. The minimum absolute atomic E-state index is 0.183. The van der Waals surface area contributed by atoms with Crippen LogP contribution in [0.15, 0.2) is 6.07 Å². The molecule has 0 saturated heterocycles. The van der Waals surface area contributed by atoms with Gasteiger partial charge < -0.3 is 5.11 Å². The maximum Gasteiger partial charge on any atom is 0.239 e. The number of nitrogens with zero attached hydrogens (tertiary/aromatic N) is 2. The van der Waals surface area contributed by atoms with Crippen LogP contribution in [0.2, 0.25) is 0 Å². The van der Waals surface area contributed by atoms with E-state index < -0.39 is 18.0 Å². The number of halogens is 2. The average molecular weight is 160 g/mol. The van der Waals surface area contributed by atoms with Crippen molar-refractivity contribution in [3.05, 3.63) is 23.5 Å². The Bertz CT molecular complexity index is 265. The standard InChI is InChI=1S/C6H6F2N2O/c1-3(11)4-2-5(7)9-10-6(4)8/h2-3,11H,1H3. The second-order valence-electron chi connectivity index (χ2n) is 2.09. The van der Waals surface area contributed by atoms with Crippen molar-refractivity contribution < 1.29 is 13.9 Å². The number of rotatable bonds is 1. The van der Waals surface area contributed by atoms with Crippen LogP contribution in [-0.4, -0.2) is 15.3 Å². The SMILES string of the molecule is CC(O)c1cc(F)nnc1F. The van der Waals surface area contributed by atoms with Crippen LogP contribution in [0.25, 0.3) is 0 Å². The summed E-state index contributed by atoms with van der Waals surface area (Å²) in [6.45, 7) is 1.32. The Morgan fingerprint density at radius 2 is 2.09 bits per heavy atom. The van der Waals surface area contributed by atoms with Gasteiger partial charge in [-0.25, -0.2) is 0 Å². The van der Waals surface area contributed by atoms with E-state index in [1.54, 1.807) is 0 Å². The summed E-state index contributed by atoms with van der Waals surface area (Å²) >= 11 is 0. The van der Waals surface area contributed by atoms with Gasteiger partial charge in [0, 0.05) is 11.6 Å². The quantitative estimate of drug-likeness (QED) is 0.661. The predicted molar refractivity (Wildman–Crippen MR) is 32.6 cm³/mol. The highest BCUT2D eigenvalue weighted by atomic mass is 19.1. The lowest BCUT2D eigenvalue weighted by Crippen LogP contribution is -2.02. The number of hydrogen-bond acceptors (Lipinski definition) is 3. The summed E-state index contributed by atoms with van der Waals surface area (Å²) in [5.41, 5.74) is -0.183. The Morgan fingerprint density at radius 3 is 2.55 bits per heavy atom. The van der Waals surface area contributed by atoms with E-state index in [2.05, 4.69) is 10.2 Å². The molecular formula is C6H6F2N2O. The number of hydrogen-bond donors (Lipinski definition) is 1. The van der Waals surface area contributed by atoms with E-state index in [-0.39, 0.29) is 5.56 Å².